The van der Waals surface area contributed by atoms with E-state index >= 15 is 0 Å². The molecule has 6 heteroatoms. The van der Waals surface area contributed by atoms with Gasteiger partial charge in [0, 0.05) is 11.1 Å². The lowest BCUT2D eigenvalue weighted by Crippen LogP contribution is -2.08. The predicted octanol–water partition coefficient (Wildman–Crippen LogP) is 5.07. The Hall–Kier alpha value is -3.54. The second-order valence-corrected chi connectivity index (χ2v) is 5.50. The molecule has 132 valence electrons. The number of hydrogen-bond donors (Lipinski definition) is 0. The molecule has 0 heterocycles. The summed E-state index contributed by atoms with van der Waals surface area (Å²) >= 11 is 0. The van der Waals surface area contributed by atoms with Crippen molar-refractivity contribution in [3.05, 3.63) is 72.8 Å². The lowest BCUT2D eigenvalue weighted by molar-refractivity contribution is -0.130. The standard InChI is InChI=1S/C20H18N2O4/c1-13(2)19(23)25-16-11-9-15(10-12-16)21-22-17-7-5-6-8-18(17)26-20(24)14(3)4/h5-12H,1,3H2,2,4H3. The van der Waals surface area contributed by atoms with Gasteiger partial charge in [-0.1, -0.05) is 25.3 Å². The number of carbonyl (C=O) groups excluding carboxylic acids is 2. The average molecular weight is 350 g/mol. The van der Waals surface area contributed by atoms with E-state index < -0.39 is 11.9 Å². The van der Waals surface area contributed by atoms with Crippen LogP contribution in [0, 0.1) is 0 Å². The van der Waals surface area contributed by atoms with E-state index in [1.54, 1.807) is 62.4 Å². The minimum atomic E-state index is -0.531. The van der Waals surface area contributed by atoms with E-state index in [1.807, 2.05) is 0 Å². The van der Waals surface area contributed by atoms with Gasteiger partial charge in [-0.05, 0) is 50.2 Å². The van der Waals surface area contributed by atoms with Crippen molar-refractivity contribution in [3.8, 4) is 11.5 Å². The highest BCUT2D eigenvalue weighted by Crippen LogP contribution is 2.29. The monoisotopic (exact) mass is 350 g/mol. The van der Waals surface area contributed by atoms with Gasteiger partial charge in [0.1, 0.15) is 11.4 Å². The third-order valence-corrected chi connectivity index (χ3v) is 3.09. The van der Waals surface area contributed by atoms with Crippen LogP contribution >= 0.6 is 0 Å². The minimum absolute atomic E-state index is 0.288. The molecule has 0 aliphatic carbocycles. The molecule has 0 atom stereocenters. The van der Waals surface area contributed by atoms with Crippen molar-refractivity contribution >= 4 is 23.3 Å². The van der Waals surface area contributed by atoms with Crippen LogP contribution in [0.5, 0.6) is 11.5 Å². The van der Waals surface area contributed by atoms with Crippen molar-refractivity contribution in [1.29, 1.82) is 0 Å². The minimum Gasteiger partial charge on any atom is -0.423 e. The van der Waals surface area contributed by atoms with Crippen molar-refractivity contribution in [2.75, 3.05) is 0 Å². The Balaban J connectivity index is 2.12. The van der Waals surface area contributed by atoms with E-state index in [9.17, 15) is 9.59 Å². The van der Waals surface area contributed by atoms with Crippen LogP contribution in [0.4, 0.5) is 11.4 Å². The third kappa shape index (κ3) is 5.24. The molecule has 0 saturated carbocycles. The molecule has 0 aromatic heterocycles. The number of benzene rings is 2. The first-order valence-electron chi connectivity index (χ1n) is 7.73. The van der Waals surface area contributed by atoms with Gasteiger partial charge < -0.3 is 9.47 Å². The Labute approximate surface area is 151 Å². The molecule has 6 nitrogen and oxygen atoms in total. The van der Waals surface area contributed by atoms with Crippen LogP contribution in [0.2, 0.25) is 0 Å². The average Bonchev–Trinajstić information content (AvgIpc) is 2.62. The molecule has 26 heavy (non-hydrogen) atoms. The fraction of sp³-hybridized carbons (Fsp3) is 0.100. The van der Waals surface area contributed by atoms with Crippen LogP contribution in [0.3, 0.4) is 0 Å². The molecule has 0 unspecified atom stereocenters. The summed E-state index contributed by atoms with van der Waals surface area (Å²) in [6, 6.07) is 13.3. The highest BCUT2D eigenvalue weighted by Gasteiger charge is 2.09. The summed E-state index contributed by atoms with van der Waals surface area (Å²) in [7, 11) is 0. The largest absolute Gasteiger partial charge is 0.423 e. The quantitative estimate of drug-likeness (QED) is 0.315. The third-order valence-electron chi connectivity index (χ3n) is 3.09. The fourth-order valence-electron chi connectivity index (χ4n) is 1.70. The lowest BCUT2D eigenvalue weighted by Gasteiger charge is -2.06. The molecule has 0 aliphatic heterocycles. The zero-order valence-electron chi connectivity index (χ0n) is 14.6. The number of ether oxygens (including phenoxy) is 2. The van der Waals surface area contributed by atoms with Gasteiger partial charge in [-0.3, -0.25) is 0 Å². The van der Waals surface area contributed by atoms with Gasteiger partial charge in [0.15, 0.2) is 5.75 Å². The van der Waals surface area contributed by atoms with Crippen molar-refractivity contribution in [3.63, 3.8) is 0 Å². The molecule has 2 rings (SSSR count). The molecule has 2 aromatic rings. The second-order valence-electron chi connectivity index (χ2n) is 5.50. The van der Waals surface area contributed by atoms with Crippen LogP contribution in [0.1, 0.15) is 13.8 Å². The predicted molar refractivity (Wildman–Crippen MR) is 98.0 cm³/mol. The van der Waals surface area contributed by atoms with E-state index in [4.69, 9.17) is 9.47 Å². The SMILES string of the molecule is C=C(C)C(=O)Oc1ccc(N=Nc2ccccc2OC(=O)C(=C)C)cc1. The summed E-state index contributed by atoms with van der Waals surface area (Å²) in [6.45, 7) is 10.2. The van der Waals surface area contributed by atoms with Crippen molar-refractivity contribution in [1.82, 2.24) is 0 Å². The number of carbonyl (C=O) groups is 2. The first kappa shape index (κ1) is 18.8. The van der Waals surface area contributed by atoms with Crippen molar-refractivity contribution < 1.29 is 19.1 Å². The molecule has 0 amide bonds. The molecule has 0 bridgehead atoms. The molecule has 0 aliphatic rings. The number of hydrogen-bond acceptors (Lipinski definition) is 6. The summed E-state index contributed by atoms with van der Waals surface area (Å²) in [6.07, 6.45) is 0. The van der Waals surface area contributed by atoms with Crippen LogP contribution in [-0.4, -0.2) is 11.9 Å². The van der Waals surface area contributed by atoms with Gasteiger partial charge in [-0.15, -0.1) is 5.11 Å². The first-order chi connectivity index (χ1) is 12.4. The van der Waals surface area contributed by atoms with Crippen molar-refractivity contribution in [2.24, 2.45) is 10.2 Å². The maximum absolute atomic E-state index is 11.7. The number of para-hydroxylation sites is 1. The van der Waals surface area contributed by atoms with Gasteiger partial charge in [0.05, 0.1) is 5.69 Å². The van der Waals surface area contributed by atoms with E-state index in [0.29, 0.717) is 22.7 Å². The summed E-state index contributed by atoms with van der Waals surface area (Å²) < 4.78 is 10.3. The fourth-order valence-corrected chi connectivity index (χ4v) is 1.70. The number of esters is 2. The Morgan fingerprint density at radius 1 is 0.808 bits per heavy atom. The Morgan fingerprint density at radius 2 is 1.38 bits per heavy atom. The zero-order chi connectivity index (χ0) is 19.1. The topological polar surface area (TPSA) is 77.3 Å². The number of azo groups is 1. The normalized spacial score (nSPS) is 10.4. The van der Waals surface area contributed by atoms with Gasteiger partial charge >= 0.3 is 11.9 Å². The molecule has 0 radical (unpaired) electrons. The van der Waals surface area contributed by atoms with Crippen LogP contribution in [0.15, 0.2) is 83.1 Å². The number of nitrogens with zero attached hydrogens (tertiary/aromatic N) is 2. The molecule has 0 saturated heterocycles. The van der Waals surface area contributed by atoms with Gasteiger partial charge in [0.2, 0.25) is 0 Å². The highest BCUT2D eigenvalue weighted by atomic mass is 16.5. The van der Waals surface area contributed by atoms with Crippen LogP contribution in [-0.2, 0) is 9.59 Å². The number of rotatable bonds is 6. The van der Waals surface area contributed by atoms with E-state index in [-0.39, 0.29) is 11.3 Å². The maximum Gasteiger partial charge on any atom is 0.338 e. The molecular weight excluding hydrogens is 332 g/mol. The Kier molecular flexibility index (Phi) is 6.16. The van der Waals surface area contributed by atoms with Crippen molar-refractivity contribution in [2.45, 2.75) is 13.8 Å². The van der Waals surface area contributed by atoms with Crippen LogP contribution < -0.4 is 9.47 Å². The molecule has 0 spiro atoms. The Morgan fingerprint density at radius 3 is 2.00 bits per heavy atom. The zero-order valence-corrected chi connectivity index (χ0v) is 14.6. The van der Waals surface area contributed by atoms with Gasteiger partial charge in [-0.25, -0.2) is 9.59 Å². The van der Waals surface area contributed by atoms with Gasteiger partial charge in [-0.2, -0.15) is 5.11 Å². The molecular formula is C20H18N2O4. The molecule has 2 aromatic carbocycles. The summed E-state index contributed by atoms with van der Waals surface area (Å²) in [5, 5.41) is 8.20. The smallest absolute Gasteiger partial charge is 0.338 e. The summed E-state index contributed by atoms with van der Waals surface area (Å²) in [5.41, 5.74) is 1.55. The molecule has 0 N–H and O–H groups in total. The van der Waals surface area contributed by atoms with Gasteiger partial charge in [0.25, 0.3) is 0 Å². The second kappa shape index (κ2) is 8.53. The van der Waals surface area contributed by atoms with E-state index in [0.717, 1.165) is 0 Å². The highest BCUT2D eigenvalue weighted by molar-refractivity contribution is 5.89. The first-order valence-corrected chi connectivity index (χ1v) is 7.73. The van der Waals surface area contributed by atoms with E-state index in [1.165, 1.54) is 0 Å². The van der Waals surface area contributed by atoms with Crippen LogP contribution in [0.25, 0.3) is 0 Å². The Bertz CT molecular complexity index is 883. The summed E-state index contributed by atoms with van der Waals surface area (Å²) in [5.74, 6) is -0.354. The summed E-state index contributed by atoms with van der Waals surface area (Å²) in [4.78, 5) is 23.1. The lowest BCUT2D eigenvalue weighted by atomic mass is 10.3. The maximum atomic E-state index is 11.7. The van der Waals surface area contributed by atoms with E-state index in [2.05, 4.69) is 23.4 Å². The molecule has 0 fully saturated rings.